The summed E-state index contributed by atoms with van der Waals surface area (Å²) in [6.45, 7) is 3.06. The molecule has 4 nitrogen and oxygen atoms in total. The smallest absolute Gasteiger partial charge is 0.416 e. The predicted molar refractivity (Wildman–Crippen MR) is 133 cm³/mol. The van der Waals surface area contributed by atoms with Gasteiger partial charge in [-0.25, -0.2) is 0 Å². The van der Waals surface area contributed by atoms with E-state index in [9.17, 15) is 31.4 Å². The monoisotopic (exact) mass is 557 g/mol. The Labute approximate surface area is 224 Å². The number of halogens is 6. The molecule has 214 valence electrons. The van der Waals surface area contributed by atoms with Crippen LogP contribution in [0, 0.1) is 0 Å². The van der Waals surface area contributed by atoms with Gasteiger partial charge in [0.25, 0.3) is 0 Å². The highest BCUT2D eigenvalue weighted by molar-refractivity contribution is 5.44. The molecule has 1 aromatic carbocycles. The third kappa shape index (κ3) is 5.93. The van der Waals surface area contributed by atoms with Crippen molar-refractivity contribution in [1.82, 2.24) is 4.90 Å². The molecule has 1 N–H and O–H groups in total. The van der Waals surface area contributed by atoms with Crippen LogP contribution >= 0.6 is 0 Å². The number of nitrogens with zero attached hydrogens (tertiary/aromatic N) is 1. The third-order valence-electron chi connectivity index (χ3n) is 8.36. The molecule has 1 saturated heterocycles. The molecular weight excluding hydrogens is 524 g/mol. The van der Waals surface area contributed by atoms with Gasteiger partial charge in [-0.15, -0.1) is 0 Å². The number of hydrogen-bond acceptors (Lipinski definition) is 4. The van der Waals surface area contributed by atoms with E-state index in [0.29, 0.717) is 55.0 Å². The summed E-state index contributed by atoms with van der Waals surface area (Å²) in [5, 5.41) is 11.8. The number of benzene rings is 1. The highest BCUT2D eigenvalue weighted by atomic mass is 19.4. The molecule has 2 atom stereocenters. The Hall–Kier alpha value is -2.30. The van der Waals surface area contributed by atoms with Crippen molar-refractivity contribution in [1.29, 1.82) is 0 Å². The summed E-state index contributed by atoms with van der Waals surface area (Å²) < 4.78 is 93.2. The van der Waals surface area contributed by atoms with E-state index in [2.05, 4.69) is 4.90 Å². The number of alkyl halides is 6. The Morgan fingerprint density at radius 3 is 2.18 bits per heavy atom. The van der Waals surface area contributed by atoms with Gasteiger partial charge in [-0.3, -0.25) is 0 Å². The van der Waals surface area contributed by atoms with Crippen molar-refractivity contribution < 1.29 is 40.9 Å². The van der Waals surface area contributed by atoms with Gasteiger partial charge < -0.3 is 19.5 Å². The van der Waals surface area contributed by atoms with Crippen molar-refractivity contribution in [2.24, 2.45) is 0 Å². The molecule has 2 aliphatic carbocycles. The van der Waals surface area contributed by atoms with Gasteiger partial charge in [-0.05, 0) is 87.3 Å². The summed E-state index contributed by atoms with van der Waals surface area (Å²) >= 11 is 0. The van der Waals surface area contributed by atoms with Crippen LogP contribution in [0.4, 0.5) is 26.3 Å². The van der Waals surface area contributed by atoms with Crippen LogP contribution in [-0.2, 0) is 21.8 Å². The third-order valence-corrected chi connectivity index (χ3v) is 8.36. The standard InChI is InChI=1S/C29H33F6NO3/c1-19(20-15-21(28(30,31)32)17-22(16-20)29(33,34)35)39-27(8-3-2-4-9-27)25-18-38-14-7-24(25)26(37)10-12-36(13-11-26)23-5-6-23/h3,7-8,14-17,19,23,37H,2,4-6,9-13,18H2,1H3/t19-,27?/m1/s1. The maximum Gasteiger partial charge on any atom is 0.416 e. The molecule has 0 radical (unpaired) electrons. The van der Waals surface area contributed by atoms with Crippen LogP contribution in [0.15, 0.2) is 53.8 Å². The van der Waals surface area contributed by atoms with Crippen molar-refractivity contribution in [2.45, 2.75) is 87.6 Å². The summed E-state index contributed by atoms with van der Waals surface area (Å²) in [5.74, 6) is 0. The second-order valence-electron chi connectivity index (χ2n) is 11.1. The van der Waals surface area contributed by atoms with Gasteiger partial charge in [0.1, 0.15) is 12.2 Å². The van der Waals surface area contributed by atoms with E-state index in [1.807, 2.05) is 12.2 Å². The van der Waals surface area contributed by atoms with Gasteiger partial charge in [0, 0.05) is 24.7 Å². The highest BCUT2D eigenvalue weighted by Crippen LogP contribution is 2.46. The van der Waals surface area contributed by atoms with Gasteiger partial charge in [0.15, 0.2) is 0 Å². The fraction of sp³-hybridized carbons (Fsp3) is 0.586. The van der Waals surface area contributed by atoms with Crippen molar-refractivity contribution in [3.63, 3.8) is 0 Å². The molecule has 2 heterocycles. The number of hydrogen-bond donors (Lipinski definition) is 1. The lowest BCUT2D eigenvalue weighted by Gasteiger charge is -2.45. The minimum Gasteiger partial charge on any atom is -0.497 e. The lowest BCUT2D eigenvalue weighted by molar-refractivity contribution is -0.143. The van der Waals surface area contributed by atoms with Crippen LogP contribution in [0.5, 0.6) is 0 Å². The van der Waals surface area contributed by atoms with Crippen molar-refractivity contribution in [3.05, 3.63) is 70.5 Å². The molecule has 0 spiro atoms. The molecule has 0 bridgehead atoms. The zero-order valence-electron chi connectivity index (χ0n) is 21.7. The highest BCUT2D eigenvalue weighted by Gasteiger charge is 2.46. The van der Waals surface area contributed by atoms with E-state index in [1.165, 1.54) is 26.0 Å². The summed E-state index contributed by atoms with van der Waals surface area (Å²) in [5.41, 5.74) is -3.92. The molecule has 1 saturated carbocycles. The number of aliphatic hydroxyl groups is 1. The maximum atomic E-state index is 13.5. The van der Waals surface area contributed by atoms with Crippen molar-refractivity contribution in [2.75, 3.05) is 19.7 Å². The first-order valence-corrected chi connectivity index (χ1v) is 13.4. The number of piperidine rings is 1. The first kappa shape index (κ1) is 28.2. The van der Waals surface area contributed by atoms with E-state index < -0.39 is 40.8 Å². The van der Waals surface area contributed by atoms with E-state index >= 15 is 0 Å². The predicted octanol–water partition coefficient (Wildman–Crippen LogP) is 7.11. The maximum absolute atomic E-state index is 13.5. The molecule has 0 aromatic heterocycles. The molecule has 1 unspecified atom stereocenters. The fourth-order valence-electron chi connectivity index (χ4n) is 6.04. The minimum absolute atomic E-state index is 0.105. The molecule has 4 aliphatic rings. The molecule has 1 aromatic rings. The van der Waals surface area contributed by atoms with Gasteiger partial charge in [0.05, 0.1) is 29.1 Å². The molecule has 2 aliphatic heterocycles. The molecule has 0 amide bonds. The average Bonchev–Trinajstić information content (AvgIpc) is 3.74. The van der Waals surface area contributed by atoms with Crippen LogP contribution < -0.4 is 0 Å². The van der Waals surface area contributed by atoms with E-state index in [0.717, 1.165) is 19.5 Å². The van der Waals surface area contributed by atoms with E-state index in [4.69, 9.17) is 9.47 Å². The first-order chi connectivity index (χ1) is 18.3. The largest absolute Gasteiger partial charge is 0.497 e. The number of ether oxygens (including phenoxy) is 2. The van der Waals surface area contributed by atoms with Crippen LogP contribution in [-0.4, -0.2) is 46.9 Å². The summed E-state index contributed by atoms with van der Waals surface area (Å²) in [4.78, 5) is 2.39. The average molecular weight is 558 g/mol. The Morgan fingerprint density at radius 1 is 1.00 bits per heavy atom. The molecule has 39 heavy (non-hydrogen) atoms. The summed E-state index contributed by atoms with van der Waals surface area (Å²) in [6.07, 6.45) is 1.29. The zero-order valence-corrected chi connectivity index (χ0v) is 21.7. The Morgan fingerprint density at radius 2 is 1.64 bits per heavy atom. The Kier molecular flexibility index (Phi) is 7.43. The number of likely N-dealkylation sites (tertiary alicyclic amines) is 1. The van der Waals surface area contributed by atoms with Gasteiger partial charge in [-0.1, -0.05) is 12.2 Å². The molecule has 10 heteroatoms. The normalized spacial score (nSPS) is 27.0. The first-order valence-electron chi connectivity index (χ1n) is 13.4. The number of rotatable bonds is 6. The van der Waals surface area contributed by atoms with Crippen LogP contribution in [0.3, 0.4) is 0 Å². The zero-order chi connectivity index (χ0) is 28.1. The SMILES string of the molecule is C[C@@H](OC1(C2=C(C3(O)CCN(C4CC4)CC3)C=COC2)C=CCCC1)c1cc(C(F)(F)F)cc(C(F)(F)F)c1. The quantitative estimate of drug-likeness (QED) is 0.299. The Balaban J connectivity index is 1.51. The minimum atomic E-state index is -4.95. The molecule has 5 rings (SSSR count). The molecular formula is C29H33F6NO3. The van der Waals surface area contributed by atoms with Crippen LogP contribution in [0.1, 0.15) is 74.7 Å². The summed E-state index contributed by atoms with van der Waals surface area (Å²) in [6, 6.07) is 2.14. The molecule has 2 fully saturated rings. The number of allylic oxidation sites excluding steroid dienone is 1. The van der Waals surface area contributed by atoms with Crippen LogP contribution in [0.2, 0.25) is 0 Å². The Bertz CT molecular complexity index is 1130. The fourth-order valence-corrected chi connectivity index (χ4v) is 6.04. The van der Waals surface area contributed by atoms with Crippen molar-refractivity contribution >= 4 is 0 Å². The lowest BCUT2D eigenvalue weighted by Crippen LogP contribution is -2.49. The second-order valence-corrected chi connectivity index (χ2v) is 11.1. The van der Waals surface area contributed by atoms with E-state index in [1.54, 1.807) is 6.08 Å². The second kappa shape index (κ2) is 10.3. The van der Waals surface area contributed by atoms with E-state index in [-0.39, 0.29) is 18.2 Å². The van der Waals surface area contributed by atoms with Gasteiger partial charge in [-0.2, -0.15) is 26.3 Å². The lowest BCUT2D eigenvalue weighted by atomic mass is 9.74. The van der Waals surface area contributed by atoms with Gasteiger partial charge in [0.2, 0.25) is 0 Å². The topological polar surface area (TPSA) is 41.9 Å². The van der Waals surface area contributed by atoms with Crippen LogP contribution in [0.25, 0.3) is 0 Å². The summed E-state index contributed by atoms with van der Waals surface area (Å²) in [7, 11) is 0. The van der Waals surface area contributed by atoms with Crippen molar-refractivity contribution in [3.8, 4) is 0 Å². The van der Waals surface area contributed by atoms with Gasteiger partial charge >= 0.3 is 12.4 Å².